The van der Waals surface area contributed by atoms with Crippen LogP contribution >= 0.6 is 11.3 Å². The lowest BCUT2D eigenvalue weighted by Gasteiger charge is -2.01. The third-order valence-electron chi connectivity index (χ3n) is 2.17. The molecule has 0 aliphatic rings. The minimum Gasteiger partial charge on any atom is -0.373 e. The van der Waals surface area contributed by atoms with E-state index in [-0.39, 0.29) is 12.4 Å². The lowest BCUT2D eigenvalue weighted by Crippen LogP contribution is -2.08. The van der Waals surface area contributed by atoms with Gasteiger partial charge in [0.05, 0.1) is 4.88 Å². The molecule has 0 N–H and O–H groups in total. The molecule has 1 heterocycles. The van der Waals surface area contributed by atoms with Gasteiger partial charge in [-0.15, -0.1) is 11.3 Å². The van der Waals surface area contributed by atoms with Crippen LogP contribution in [0.15, 0.2) is 17.5 Å². The number of ether oxygens (including phenoxy) is 1. The van der Waals surface area contributed by atoms with Gasteiger partial charge in [-0.05, 0) is 17.9 Å². The molecule has 0 aliphatic heterocycles. The molecule has 0 spiro atoms. The third-order valence-corrected chi connectivity index (χ3v) is 3.08. The average Bonchev–Trinajstić information content (AvgIpc) is 2.76. The van der Waals surface area contributed by atoms with Crippen molar-refractivity contribution in [1.82, 2.24) is 0 Å². The summed E-state index contributed by atoms with van der Waals surface area (Å²) in [5.41, 5.74) is 0. The topological polar surface area (TPSA) is 26.3 Å². The molecule has 0 unspecified atom stereocenters. The molecule has 0 atom stereocenters. The van der Waals surface area contributed by atoms with Crippen LogP contribution in [-0.4, -0.2) is 19.0 Å². The van der Waals surface area contributed by atoms with Crippen molar-refractivity contribution in [3.63, 3.8) is 0 Å². The van der Waals surface area contributed by atoms with Crippen molar-refractivity contribution in [3.05, 3.63) is 22.4 Å². The summed E-state index contributed by atoms with van der Waals surface area (Å²) in [4.78, 5) is 12.3. The van der Waals surface area contributed by atoms with Crippen LogP contribution < -0.4 is 0 Å². The van der Waals surface area contributed by atoms with E-state index >= 15 is 0 Å². The highest BCUT2D eigenvalue weighted by Gasteiger charge is 2.05. The second-order valence-electron chi connectivity index (χ2n) is 3.51. The monoisotopic (exact) mass is 226 g/mol. The van der Waals surface area contributed by atoms with Gasteiger partial charge in [-0.1, -0.05) is 32.3 Å². The van der Waals surface area contributed by atoms with Gasteiger partial charge in [0.1, 0.15) is 6.61 Å². The minimum atomic E-state index is 0.0977. The molecule has 2 nitrogen and oxygen atoms in total. The molecule has 3 heteroatoms. The number of carbonyl (C=O) groups excluding carboxylic acids is 1. The summed E-state index contributed by atoms with van der Waals surface area (Å²) in [6.45, 7) is 3.12. The van der Waals surface area contributed by atoms with Gasteiger partial charge >= 0.3 is 0 Å². The van der Waals surface area contributed by atoms with Gasteiger partial charge in [0.2, 0.25) is 0 Å². The van der Waals surface area contributed by atoms with Crippen molar-refractivity contribution in [1.29, 1.82) is 0 Å². The van der Waals surface area contributed by atoms with Gasteiger partial charge in [-0.2, -0.15) is 0 Å². The van der Waals surface area contributed by atoms with Crippen LogP contribution in [0, 0.1) is 0 Å². The first kappa shape index (κ1) is 12.4. The Morgan fingerprint density at radius 1 is 1.40 bits per heavy atom. The zero-order valence-electron chi connectivity index (χ0n) is 9.20. The molecule has 0 amide bonds. The fourth-order valence-corrected chi connectivity index (χ4v) is 1.96. The van der Waals surface area contributed by atoms with Crippen molar-refractivity contribution in [2.45, 2.75) is 32.6 Å². The maximum Gasteiger partial charge on any atom is 0.198 e. The van der Waals surface area contributed by atoms with Crippen molar-refractivity contribution in [2.24, 2.45) is 0 Å². The van der Waals surface area contributed by atoms with E-state index < -0.39 is 0 Å². The molecule has 0 fully saturated rings. The third kappa shape index (κ3) is 5.09. The van der Waals surface area contributed by atoms with Gasteiger partial charge in [-0.3, -0.25) is 4.79 Å². The zero-order chi connectivity index (χ0) is 10.9. The summed E-state index contributed by atoms with van der Waals surface area (Å²) in [5, 5.41) is 1.91. The van der Waals surface area contributed by atoms with E-state index in [0.29, 0.717) is 6.61 Å². The molecule has 0 saturated carbocycles. The number of hydrogen-bond acceptors (Lipinski definition) is 3. The summed E-state index contributed by atoms with van der Waals surface area (Å²) in [6.07, 6.45) is 4.74. The van der Waals surface area contributed by atoms with E-state index in [9.17, 15) is 4.79 Å². The van der Waals surface area contributed by atoms with Crippen LogP contribution in [0.1, 0.15) is 42.3 Å². The largest absolute Gasteiger partial charge is 0.373 e. The summed E-state index contributed by atoms with van der Waals surface area (Å²) >= 11 is 1.47. The number of rotatable bonds is 8. The van der Waals surface area contributed by atoms with E-state index in [2.05, 4.69) is 6.92 Å². The SMILES string of the molecule is CCCCCCOCC(=O)c1cccs1. The molecule has 1 rings (SSSR count). The molecule has 0 bridgehead atoms. The molecule has 1 aromatic rings. The predicted molar refractivity (Wildman–Crippen MR) is 63.6 cm³/mol. The second-order valence-corrected chi connectivity index (χ2v) is 4.46. The summed E-state index contributed by atoms with van der Waals surface area (Å²) in [6, 6.07) is 3.73. The molecule has 0 saturated heterocycles. The molecule has 0 aliphatic carbocycles. The normalized spacial score (nSPS) is 10.5. The second kappa shape index (κ2) is 7.60. The first-order valence-electron chi connectivity index (χ1n) is 5.49. The Labute approximate surface area is 95.3 Å². The average molecular weight is 226 g/mol. The highest BCUT2D eigenvalue weighted by Crippen LogP contribution is 2.09. The van der Waals surface area contributed by atoms with Crippen molar-refractivity contribution in [3.8, 4) is 0 Å². The van der Waals surface area contributed by atoms with Gasteiger partial charge < -0.3 is 4.74 Å². The van der Waals surface area contributed by atoms with Crippen LogP contribution in [0.5, 0.6) is 0 Å². The Morgan fingerprint density at radius 2 is 2.27 bits per heavy atom. The molecule has 0 aromatic carbocycles. The molecule has 84 valence electrons. The Hall–Kier alpha value is -0.670. The van der Waals surface area contributed by atoms with E-state index in [1.807, 2.05) is 17.5 Å². The standard InChI is InChI=1S/C12H18O2S/c1-2-3-4-5-8-14-10-11(13)12-7-6-9-15-12/h6-7,9H,2-5,8,10H2,1H3. The lowest BCUT2D eigenvalue weighted by molar-refractivity contribution is 0.0756. The smallest absolute Gasteiger partial charge is 0.198 e. The highest BCUT2D eigenvalue weighted by molar-refractivity contribution is 7.12. The Balaban J connectivity index is 2.03. The predicted octanol–water partition coefficient (Wildman–Crippen LogP) is 3.53. The molecule has 1 aromatic heterocycles. The van der Waals surface area contributed by atoms with Crippen LogP contribution in [0.25, 0.3) is 0 Å². The molecule has 0 radical (unpaired) electrons. The van der Waals surface area contributed by atoms with Gasteiger partial charge in [-0.25, -0.2) is 0 Å². The number of unbranched alkanes of at least 4 members (excludes halogenated alkanes) is 3. The Kier molecular flexibility index (Phi) is 6.28. The maximum atomic E-state index is 11.5. The van der Waals surface area contributed by atoms with Gasteiger partial charge in [0.25, 0.3) is 0 Å². The lowest BCUT2D eigenvalue weighted by atomic mass is 10.2. The zero-order valence-corrected chi connectivity index (χ0v) is 10.0. The highest BCUT2D eigenvalue weighted by atomic mass is 32.1. The van der Waals surface area contributed by atoms with E-state index in [1.165, 1.54) is 30.6 Å². The number of carbonyl (C=O) groups is 1. The van der Waals surface area contributed by atoms with Crippen molar-refractivity contribution in [2.75, 3.05) is 13.2 Å². The fraction of sp³-hybridized carbons (Fsp3) is 0.583. The van der Waals surface area contributed by atoms with Crippen LogP contribution in [0.3, 0.4) is 0 Å². The summed E-state index contributed by atoms with van der Waals surface area (Å²) in [7, 11) is 0. The number of thiophene rings is 1. The number of Topliss-reactive ketones (excluding diaryl/α,β-unsaturated/α-hetero) is 1. The molecular formula is C12H18O2S. The molecule has 15 heavy (non-hydrogen) atoms. The van der Waals surface area contributed by atoms with E-state index in [0.717, 1.165) is 11.3 Å². The quantitative estimate of drug-likeness (QED) is 0.500. The van der Waals surface area contributed by atoms with Crippen LogP contribution in [0.2, 0.25) is 0 Å². The van der Waals surface area contributed by atoms with Gasteiger partial charge in [0.15, 0.2) is 5.78 Å². The maximum absolute atomic E-state index is 11.5. The fourth-order valence-electron chi connectivity index (χ4n) is 1.30. The van der Waals surface area contributed by atoms with Crippen molar-refractivity contribution >= 4 is 17.1 Å². The number of hydrogen-bond donors (Lipinski definition) is 0. The first-order valence-corrected chi connectivity index (χ1v) is 6.37. The Bertz CT molecular complexity index is 267. The number of ketones is 1. The van der Waals surface area contributed by atoms with E-state index in [4.69, 9.17) is 4.74 Å². The first-order chi connectivity index (χ1) is 7.34. The van der Waals surface area contributed by atoms with Gasteiger partial charge in [0, 0.05) is 6.61 Å². The van der Waals surface area contributed by atoms with E-state index in [1.54, 1.807) is 0 Å². The molecular weight excluding hydrogens is 208 g/mol. The Morgan fingerprint density at radius 3 is 2.93 bits per heavy atom. The summed E-state index contributed by atoms with van der Waals surface area (Å²) < 4.78 is 5.32. The van der Waals surface area contributed by atoms with Crippen LogP contribution in [0.4, 0.5) is 0 Å². The van der Waals surface area contributed by atoms with Crippen LogP contribution in [-0.2, 0) is 4.74 Å². The van der Waals surface area contributed by atoms with Crippen molar-refractivity contribution < 1.29 is 9.53 Å². The minimum absolute atomic E-state index is 0.0977. The summed E-state index contributed by atoms with van der Waals surface area (Å²) in [5.74, 6) is 0.0977.